The number of benzene rings is 2. The number of nitrogens with one attached hydrogen (secondary N) is 1. The average Bonchev–Trinajstić information content (AvgIpc) is 3.19. The molecule has 0 fully saturated rings. The number of ether oxygens (including phenoxy) is 1. The molecule has 0 bridgehead atoms. The molecule has 31 heavy (non-hydrogen) atoms. The number of pyridine rings is 1. The zero-order valence-electron chi connectivity index (χ0n) is 18.1. The Balaban J connectivity index is 1.47. The van der Waals surface area contributed by atoms with Gasteiger partial charge < -0.3 is 25.2 Å². The molecule has 1 aliphatic rings. The fraction of sp³-hybridized carbons (Fsp3) is 0.320. The highest BCUT2D eigenvalue weighted by molar-refractivity contribution is 5.66. The van der Waals surface area contributed by atoms with Gasteiger partial charge in [-0.3, -0.25) is 4.98 Å². The van der Waals surface area contributed by atoms with Crippen LogP contribution in [0.5, 0.6) is 5.75 Å². The smallest absolute Gasteiger partial charge is 0.180 e. The fourth-order valence-electron chi connectivity index (χ4n) is 3.89. The Morgan fingerprint density at radius 3 is 2.55 bits per heavy atom. The van der Waals surface area contributed by atoms with Crippen molar-refractivity contribution in [1.82, 2.24) is 4.98 Å². The molecule has 1 atom stereocenters. The van der Waals surface area contributed by atoms with Gasteiger partial charge in [-0.05, 0) is 35.7 Å². The molecule has 162 valence electrons. The molecule has 2 heterocycles. The Morgan fingerprint density at radius 2 is 1.84 bits per heavy atom. The molecule has 6 nitrogen and oxygen atoms in total. The molecule has 2 aromatic carbocycles. The van der Waals surface area contributed by atoms with Gasteiger partial charge in [0.1, 0.15) is 5.75 Å². The SMILES string of the molecule is CC(C)c1ccc(N(C)c2ccc3c(c2)OC[C@H]3CNc2cnccc2C(O)O)cc1. The van der Waals surface area contributed by atoms with E-state index >= 15 is 0 Å². The predicted molar refractivity (Wildman–Crippen MR) is 123 cm³/mol. The molecule has 1 aliphatic heterocycles. The summed E-state index contributed by atoms with van der Waals surface area (Å²) < 4.78 is 5.97. The lowest BCUT2D eigenvalue weighted by Crippen LogP contribution is -2.15. The summed E-state index contributed by atoms with van der Waals surface area (Å²) in [4.78, 5) is 6.23. The van der Waals surface area contributed by atoms with Crippen molar-refractivity contribution >= 4 is 17.1 Å². The summed E-state index contributed by atoms with van der Waals surface area (Å²) in [5, 5.41) is 22.3. The van der Waals surface area contributed by atoms with E-state index in [4.69, 9.17) is 4.74 Å². The number of aromatic nitrogens is 1. The van der Waals surface area contributed by atoms with Crippen molar-refractivity contribution in [3.05, 3.63) is 77.6 Å². The first-order valence-corrected chi connectivity index (χ1v) is 10.6. The van der Waals surface area contributed by atoms with Gasteiger partial charge in [-0.15, -0.1) is 0 Å². The van der Waals surface area contributed by atoms with Crippen LogP contribution in [0.2, 0.25) is 0 Å². The molecule has 3 aromatic rings. The Bertz CT molecular complexity index is 1030. The van der Waals surface area contributed by atoms with Crippen molar-refractivity contribution in [1.29, 1.82) is 0 Å². The van der Waals surface area contributed by atoms with Gasteiger partial charge in [-0.1, -0.05) is 32.0 Å². The second-order valence-corrected chi connectivity index (χ2v) is 8.25. The topological polar surface area (TPSA) is 77.9 Å². The molecule has 0 saturated carbocycles. The van der Waals surface area contributed by atoms with E-state index in [0.717, 1.165) is 22.7 Å². The lowest BCUT2D eigenvalue weighted by Gasteiger charge is -2.21. The van der Waals surface area contributed by atoms with E-state index in [0.29, 0.717) is 30.3 Å². The summed E-state index contributed by atoms with van der Waals surface area (Å²) >= 11 is 0. The van der Waals surface area contributed by atoms with Crippen molar-refractivity contribution in [2.45, 2.75) is 32.0 Å². The van der Waals surface area contributed by atoms with Crippen molar-refractivity contribution < 1.29 is 14.9 Å². The summed E-state index contributed by atoms with van der Waals surface area (Å²) in [5.41, 5.74) is 5.71. The highest BCUT2D eigenvalue weighted by Crippen LogP contribution is 2.38. The minimum absolute atomic E-state index is 0.170. The number of rotatable bonds is 7. The van der Waals surface area contributed by atoms with Crippen molar-refractivity contribution in [2.75, 3.05) is 30.4 Å². The number of anilines is 3. The lowest BCUT2D eigenvalue weighted by atomic mass is 10.00. The van der Waals surface area contributed by atoms with Crippen LogP contribution >= 0.6 is 0 Å². The van der Waals surface area contributed by atoms with E-state index in [1.807, 2.05) is 0 Å². The summed E-state index contributed by atoms with van der Waals surface area (Å²) in [7, 11) is 2.06. The quantitative estimate of drug-likeness (QED) is 0.488. The molecule has 4 rings (SSSR count). The van der Waals surface area contributed by atoms with E-state index in [1.54, 1.807) is 18.5 Å². The number of hydrogen-bond acceptors (Lipinski definition) is 6. The standard InChI is InChI=1S/C25H29N3O3/c1-16(2)17-4-6-19(7-5-17)28(3)20-8-9-21-18(15-31-24(21)12-20)13-27-23-14-26-11-10-22(23)25(29)30/h4-12,14,16,18,25,27,29-30H,13,15H2,1-3H3/t18-/m1/s1. The third kappa shape index (κ3) is 4.50. The van der Waals surface area contributed by atoms with Crippen LogP contribution in [0, 0.1) is 0 Å². The van der Waals surface area contributed by atoms with Gasteiger partial charge in [0.25, 0.3) is 0 Å². The molecule has 3 N–H and O–H groups in total. The number of aliphatic hydroxyl groups is 2. The fourth-order valence-corrected chi connectivity index (χ4v) is 3.89. The molecule has 0 saturated heterocycles. The van der Waals surface area contributed by atoms with Gasteiger partial charge in [0.2, 0.25) is 0 Å². The monoisotopic (exact) mass is 419 g/mol. The van der Waals surface area contributed by atoms with Crippen LogP contribution in [-0.4, -0.2) is 35.4 Å². The largest absolute Gasteiger partial charge is 0.493 e. The maximum atomic E-state index is 9.53. The summed E-state index contributed by atoms with van der Waals surface area (Å²) in [6.07, 6.45) is 1.61. The number of aliphatic hydroxyl groups excluding tert-OH is 1. The predicted octanol–water partition coefficient (Wildman–Crippen LogP) is 4.54. The average molecular weight is 420 g/mol. The molecule has 0 aliphatic carbocycles. The number of hydrogen-bond donors (Lipinski definition) is 3. The summed E-state index contributed by atoms with van der Waals surface area (Å²) in [6.45, 7) is 5.59. The second kappa shape index (κ2) is 8.96. The van der Waals surface area contributed by atoms with Gasteiger partial charge in [0, 0.05) is 54.3 Å². The Labute approximate surface area is 183 Å². The van der Waals surface area contributed by atoms with Gasteiger partial charge in [-0.25, -0.2) is 0 Å². The van der Waals surface area contributed by atoms with E-state index in [9.17, 15) is 10.2 Å². The van der Waals surface area contributed by atoms with E-state index < -0.39 is 6.29 Å². The van der Waals surface area contributed by atoms with Crippen LogP contribution in [-0.2, 0) is 0 Å². The number of fused-ring (bicyclic) bond motifs is 1. The zero-order valence-corrected chi connectivity index (χ0v) is 18.1. The first kappa shape index (κ1) is 21.2. The van der Waals surface area contributed by atoms with Crippen LogP contribution in [0.25, 0.3) is 0 Å². The maximum Gasteiger partial charge on any atom is 0.180 e. The molecular weight excluding hydrogens is 390 g/mol. The van der Waals surface area contributed by atoms with Crippen molar-refractivity contribution in [2.24, 2.45) is 0 Å². The van der Waals surface area contributed by atoms with Crippen LogP contribution in [0.1, 0.15) is 48.7 Å². The molecular formula is C25H29N3O3. The summed E-state index contributed by atoms with van der Waals surface area (Å²) in [5.74, 6) is 1.58. The molecule has 0 unspecified atom stereocenters. The Hall–Kier alpha value is -3.09. The molecule has 6 heteroatoms. The highest BCUT2D eigenvalue weighted by Gasteiger charge is 2.25. The van der Waals surface area contributed by atoms with Crippen LogP contribution in [0.15, 0.2) is 60.9 Å². The lowest BCUT2D eigenvalue weighted by molar-refractivity contribution is -0.0419. The number of nitrogens with zero attached hydrogens (tertiary/aromatic N) is 2. The van der Waals surface area contributed by atoms with Crippen molar-refractivity contribution in [3.8, 4) is 5.75 Å². The van der Waals surface area contributed by atoms with E-state index in [-0.39, 0.29) is 5.92 Å². The zero-order chi connectivity index (χ0) is 22.0. The van der Waals surface area contributed by atoms with Gasteiger partial charge >= 0.3 is 0 Å². The molecule has 0 amide bonds. The third-order valence-corrected chi connectivity index (χ3v) is 5.88. The summed E-state index contributed by atoms with van der Waals surface area (Å²) in [6, 6.07) is 16.6. The third-order valence-electron chi connectivity index (χ3n) is 5.88. The van der Waals surface area contributed by atoms with Gasteiger partial charge in [-0.2, -0.15) is 0 Å². The van der Waals surface area contributed by atoms with E-state index in [2.05, 4.69) is 78.6 Å². The van der Waals surface area contributed by atoms with Crippen molar-refractivity contribution in [3.63, 3.8) is 0 Å². The molecule has 0 spiro atoms. The normalized spacial score (nSPS) is 15.1. The Kier molecular flexibility index (Phi) is 6.11. The van der Waals surface area contributed by atoms with Crippen LogP contribution in [0.3, 0.4) is 0 Å². The molecule has 1 aromatic heterocycles. The molecule has 0 radical (unpaired) electrons. The highest BCUT2D eigenvalue weighted by atomic mass is 16.5. The van der Waals surface area contributed by atoms with E-state index in [1.165, 1.54) is 5.56 Å². The van der Waals surface area contributed by atoms with Gasteiger partial charge in [0.05, 0.1) is 18.5 Å². The van der Waals surface area contributed by atoms with Crippen LogP contribution in [0.4, 0.5) is 17.1 Å². The minimum Gasteiger partial charge on any atom is -0.493 e. The Morgan fingerprint density at radius 1 is 1.10 bits per heavy atom. The van der Waals surface area contributed by atoms with Crippen LogP contribution < -0.4 is 15.0 Å². The second-order valence-electron chi connectivity index (χ2n) is 8.25. The first-order valence-electron chi connectivity index (χ1n) is 10.6. The maximum absolute atomic E-state index is 9.53. The minimum atomic E-state index is -1.54. The van der Waals surface area contributed by atoms with Gasteiger partial charge in [0.15, 0.2) is 6.29 Å². The first-order chi connectivity index (χ1) is 14.9.